The zero-order valence-corrected chi connectivity index (χ0v) is 10.2. The summed E-state index contributed by atoms with van der Waals surface area (Å²) in [6, 6.07) is 10.5. The Morgan fingerprint density at radius 2 is 2.18 bits per heavy atom. The van der Waals surface area contributed by atoms with Crippen LogP contribution in [0.4, 0.5) is 0 Å². The topological polar surface area (TPSA) is 30.5 Å². The number of ether oxygens (including phenoxy) is 2. The van der Waals surface area contributed by atoms with E-state index in [2.05, 4.69) is 29.6 Å². The van der Waals surface area contributed by atoms with Crippen molar-refractivity contribution in [3.8, 4) is 0 Å². The van der Waals surface area contributed by atoms with E-state index in [0.717, 1.165) is 39.1 Å². The Bertz CT molecular complexity index is 296. The highest BCUT2D eigenvalue weighted by Gasteiger charge is 2.12. The van der Waals surface area contributed by atoms with Gasteiger partial charge in [0.2, 0.25) is 0 Å². The van der Waals surface area contributed by atoms with Crippen molar-refractivity contribution in [3.63, 3.8) is 0 Å². The average Bonchev–Trinajstić information content (AvgIpc) is 2.41. The van der Waals surface area contributed by atoms with Gasteiger partial charge in [0.15, 0.2) is 0 Å². The molecule has 0 bridgehead atoms. The van der Waals surface area contributed by atoms with E-state index < -0.39 is 0 Å². The lowest BCUT2D eigenvalue weighted by Gasteiger charge is -2.23. The van der Waals surface area contributed by atoms with Crippen molar-refractivity contribution < 1.29 is 9.47 Å². The monoisotopic (exact) mass is 235 g/mol. The number of rotatable bonds is 6. The quantitative estimate of drug-likeness (QED) is 0.760. The zero-order valence-electron chi connectivity index (χ0n) is 10.2. The van der Waals surface area contributed by atoms with Gasteiger partial charge in [-0.3, -0.25) is 0 Å². The molecule has 1 saturated heterocycles. The molecule has 3 heteroatoms. The summed E-state index contributed by atoms with van der Waals surface area (Å²) in [5.74, 6) is 0. The van der Waals surface area contributed by atoms with Crippen molar-refractivity contribution in [1.82, 2.24) is 5.32 Å². The maximum Gasteiger partial charge on any atom is 0.0933 e. The summed E-state index contributed by atoms with van der Waals surface area (Å²) in [7, 11) is 0. The van der Waals surface area contributed by atoms with Gasteiger partial charge in [0, 0.05) is 19.7 Å². The molecule has 3 nitrogen and oxygen atoms in total. The summed E-state index contributed by atoms with van der Waals surface area (Å²) in [6.07, 6.45) is 2.40. The molecule has 1 aromatic rings. The molecule has 0 aromatic heterocycles. The normalized spacial score (nSPS) is 20.4. The van der Waals surface area contributed by atoms with E-state index in [9.17, 15) is 0 Å². The Morgan fingerprint density at radius 1 is 1.29 bits per heavy atom. The highest BCUT2D eigenvalue weighted by atomic mass is 16.5. The minimum atomic E-state index is 0.237. The van der Waals surface area contributed by atoms with E-state index in [1.165, 1.54) is 5.56 Å². The Balaban J connectivity index is 1.51. The maximum atomic E-state index is 5.63. The van der Waals surface area contributed by atoms with Crippen LogP contribution in [-0.2, 0) is 15.9 Å². The van der Waals surface area contributed by atoms with E-state index in [4.69, 9.17) is 9.47 Å². The second-order valence-corrected chi connectivity index (χ2v) is 4.36. The van der Waals surface area contributed by atoms with Crippen molar-refractivity contribution in [1.29, 1.82) is 0 Å². The van der Waals surface area contributed by atoms with Crippen LogP contribution in [0.1, 0.15) is 12.0 Å². The standard InChI is InChI=1S/C14H21NO2/c1-2-5-13(6-3-1)7-4-9-16-12-14-11-15-8-10-17-14/h1-3,5-6,14-15H,4,7-12H2. The fraction of sp³-hybridized carbons (Fsp3) is 0.571. The molecule has 0 spiro atoms. The van der Waals surface area contributed by atoms with Crippen LogP contribution in [0, 0.1) is 0 Å². The molecule has 1 aromatic carbocycles. The summed E-state index contributed by atoms with van der Waals surface area (Å²) in [5.41, 5.74) is 1.38. The number of hydrogen-bond acceptors (Lipinski definition) is 3. The molecule has 17 heavy (non-hydrogen) atoms. The smallest absolute Gasteiger partial charge is 0.0933 e. The van der Waals surface area contributed by atoms with Gasteiger partial charge in [0.1, 0.15) is 0 Å². The van der Waals surface area contributed by atoms with E-state index >= 15 is 0 Å². The average molecular weight is 235 g/mol. The molecule has 0 amide bonds. The Kier molecular flexibility index (Phi) is 5.49. The molecule has 2 rings (SSSR count). The fourth-order valence-corrected chi connectivity index (χ4v) is 1.96. The molecular weight excluding hydrogens is 214 g/mol. The summed E-state index contributed by atoms with van der Waals surface area (Å²) >= 11 is 0. The highest BCUT2D eigenvalue weighted by Crippen LogP contribution is 2.03. The van der Waals surface area contributed by atoms with Crippen LogP contribution in [-0.4, -0.2) is 39.0 Å². The van der Waals surface area contributed by atoms with Gasteiger partial charge < -0.3 is 14.8 Å². The summed E-state index contributed by atoms with van der Waals surface area (Å²) in [6.45, 7) is 4.21. The molecule has 1 fully saturated rings. The predicted molar refractivity (Wildman–Crippen MR) is 68.2 cm³/mol. The number of morpholine rings is 1. The van der Waals surface area contributed by atoms with Crippen LogP contribution < -0.4 is 5.32 Å². The first kappa shape index (κ1) is 12.6. The summed E-state index contributed by atoms with van der Waals surface area (Å²) in [4.78, 5) is 0. The first-order valence-corrected chi connectivity index (χ1v) is 6.39. The van der Waals surface area contributed by atoms with E-state index in [1.807, 2.05) is 6.07 Å². The SMILES string of the molecule is c1ccc(CCCOCC2CNCCO2)cc1. The second-order valence-electron chi connectivity index (χ2n) is 4.36. The summed E-state index contributed by atoms with van der Waals surface area (Å²) < 4.78 is 11.2. The molecule has 0 radical (unpaired) electrons. The van der Waals surface area contributed by atoms with Crippen LogP contribution in [0.5, 0.6) is 0 Å². The minimum absolute atomic E-state index is 0.237. The maximum absolute atomic E-state index is 5.63. The Labute approximate surface area is 103 Å². The van der Waals surface area contributed by atoms with Crippen molar-refractivity contribution in [2.24, 2.45) is 0 Å². The second kappa shape index (κ2) is 7.43. The van der Waals surface area contributed by atoms with Gasteiger partial charge in [-0.1, -0.05) is 30.3 Å². The van der Waals surface area contributed by atoms with Gasteiger partial charge in [-0.2, -0.15) is 0 Å². The van der Waals surface area contributed by atoms with Gasteiger partial charge in [0.25, 0.3) is 0 Å². The molecule has 1 aliphatic heterocycles. The van der Waals surface area contributed by atoms with Gasteiger partial charge in [-0.15, -0.1) is 0 Å². The van der Waals surface area contributed by atoms with Gasteiger partial charge in [-0.05, 0) is 18.4 Å². The van der Waals surface area contributed by atoms with Crippen molar-refractivity contribution in [2.45, 2.75) is 18.9 Å². The molecule has 0 aliphatic carbocycles. The molecule has 1 N–H and O–H groups in total. The number of benzene rings is 1. The molecule has 0 saturated carbocycles. The first-order valence-electron chi connectivity index (χ1n) is 6.39. The first-order chi connectivity index (χ1) is 8.45. The molecule has 1 unspecified atom stereocenters. The van der Waals surface area contributed by atoms with Crippen LogP contribution in [0.2, 0.25) is 0 Å². The van der Waals surface area contributed by atoms with Crippen molar-refractivity contribution in [2.75, 3.05) is 32.9 Å². The molecule has 1 aliphatic rings. The number of aryl methyl sites for hydroxylation is 1. The van der Waals surface area contributed by atoms with Crippen LogP contribution in [0.15, 0.2) is 30.3 Å². The van der Waals surface area contributed by atoms with E-state index in [-0.39, 0.29) is 6.10 Å². The third-order valence-electron chi connectivity index (χ3n) is 2.91. The largest absolute Gasteiger partial charge is 0.379 e. The fourth-order valence-electron chi connectivity index (χ4n) is 1.96. The third-order valence-corrected chi connectivity index (χ3v) is 2.91. The van der Waals surface area contributed by atoms with Gasteiger partial charge >= 0.3 is 0 Å². The molecule has 1 heterocycles. The number of hydrogen-bond donors (Lipinski definition) is 1. The van der Waals surface area contributed by atoms with E-state index in [1.54, 1.807) is 0 Å². The third kappa shape index (κ3) is 4.86. The highest BCUT2D eigenvalue weighted by molar-refractivity contribution is 5.14. The van der Waals surface area contributed by atoms with Crippen molar-refractivity contribution >= 4 is 0 Å². The summed E-state index contributed by atoms with van der Waals surface area (Å²) in [5, 5.41) is 3.30. The predicted octanol–water partition coefficient (Wildman–Crippen LogP) is 1.62. The van der Waals surface area contributed by atoms with Crippen molar-refractivity contribution in [3.05, 3.63) is 35.9 Å². The lowest BCUT2D eigenvalue weighted by atomic mass is 10.1. The lowest BCUT2D eigenvalue weighted by Crippen LogP contribution is -2.41. The van der Waals surface area contributed by atoms with Gasteiger partial charge in [0.05, 0.1) is 19.3 Å². The number of nitrogens with one attached hydrogen (secondary N) is 1. The van der Waals surface area contributed by atoms with E-state index in [0.29, 0.717) is 6.61 Å². The lowest BCUT2D eigenvalue weighted by molar-refractivity contribution is -0.0316. The Morgan fingerprint density at radius 3 is 2.94 bits per heavy atom. The Hall–Kier alpha value is -0.900. The molecular formula is C14H21NO2. The van der Waals surface area contributed by atoms with Gasteiger partial charge in [-0.25, -0.2) is 0 Å². The van der Waals surface area contributed by atoms with Crippen LogP contribution >= 0.6 is 0 Å². The molecule has 1 atom stereocenters. The van der Waals surface area contributed by atoms with Crippen LogP contribution in [0.3, 0.4) is 0 Å². The van der Waals surface area contributed by atoms with Crippen LogP contribution in [0.25, 0.3) is 0 Å². The minimum Gasteiger partial charge on any atom is -0.379 e. The zero-order chi connectivity index (χ0) is 11.8. The molecule has 94 valence electrons.